The zero-order valence-electron chi connectivity index (χ0n) is 15.5. The van der Waals surface area contributed by atoms with Crippen LogP contribution in [0.1, 0.15) is 30.1 Å². The van der Waals surface area contributed by atoms with E-state index in [1.54, 1.807) is 6.92 Å². The summed E-state index contributed by atoms with van der Waals surface area (Å²) in [6.45, 7) is 1.61. The SMILES string of the molecule is CCOc1c(Cl)cc(C(=O)OCC(=O)N(C)CC(=O)NC2CC2)cc1OC. The summed E-state index contributed by atoms with van der Waals surface area (Å²) in [5.74, 6) is -0.837. The van der Waals surface area contributed by atoms with Crippen LogP contribution < -0.4 is 14.8 Å². The van der Waals surface area contributed by atoms with Gasteiger partial charge < -0.3 is 24.4 Å². The molecule has 1 aromatic rings. The molecule has 0 saturated heterocycles. The molecule has 1 aliphatic rings. The van der Waals surface area contributed by atoms with Crippen molar-refractivity contribution in [1.29, 1.82) is 0 Å². The second kappa shape index (κ2) is 9.45. The summed E-state index contributed by atoms with van der Waals surface area (Å²) in [5.41, 5.74) is 0.127. The molecule has 8 nitrogen and oxygen atoms in total. The summed E-state index contributed by atoms with van der Waals surface area (Å²) in [4.78, 5) is 37.2. The summed E-state index contributed by atoms with van der Waals surface area (Å²) in [5, 5.41) is 2.98. The molecule has 0 aromatic heterocycles. The lowest BCUT2D eigenvalue weighted by atomic mass is 10.2. The Morgan fingerprint density at radius 1 is 1.30 bits per heavy atom. The summed E-state index contributed by atoms with van der Waals surface area (Å²) in [7, 11) is 2.90. The highest BCUT2D eigenvalue weighted by atomic mass is 35.5. The van der Waals surface area contributed by atoms with E-state index in [1.165, 1.54) is 31.2 Å². The van der Waals surface area contributed by atoms with Crippen molar-refractivity contribution in [2.75, 3.05) is 33.9 Å². The molecule has 0 radical (unpaired) electrons. The predicted molar refractivity (Wildman–Crippen MR) is 98.3 cm³/mol. The first-order chi connectivity index (χ1) is 12.8. The monoisotopic (exact) mass is 398 g/mol. The molecule has 0 bridgehead atoms. The lowest BCUT2D eigenvalue weighted by Crippen LogP contribution is -2.40. The molecule has 27 heavy (non-hydrogen) atoms. The average Bonchev–Trinajstić information content (AvgIpc) is 3.44. The summed E-state index contributed by atoms with van der Waals surface area (Å²) in [6, 6.07) is 3.03. The Balaban J connectivity index is 1.91. The molecule has 1 saturated carbocycles. The molecular weight excluding hydrogens is 376 g/mol. The van der Waals surface area contributed by atoms with Gasteiger partial charge in [-0.05, 0) is 31.9 Å². The number of rotatable bonds is 9. The lowest BCUT2D eigenvalue weighted by Gasteiger charge is -2.17. The van der Waals surface area contributed by atoms with Crippen molar-refractivity contribution in [3.05, 3.63) is 22.7 Å². The van der Waals surface area contributed by atoms with Gasteiger partial charge in [-0.15, -0.1) is 0 Å². The molecule has 2 amide bonds. The zero-order chi connectivity index (χ0) is 20.0. The van der Waals surface area contributed by atoms with E-state index in [1.807, 2.05) is 0 Å². The minimum Gasteiger partial charge on any atom is -0.493 e. The van der Waals surface area contributed by atoms with Crippen molar-refractivity contribution in [1.82, 2.24) is 10.2 Å². The fraction of sp³-hybridized carbons (Fsp3) is 0.500. The smallest absolute Gasteiger partial charge is 0.338 e. The predicted octanol–water partition coefficient (Wildman–Crippen LogP) is 1.64. The van der Waals surface area contributed by atoms with Crippen LogP contribution in [0.25, 0.3) is 0 Å². The Hall–Kier alpha value is -2.48. The average molecular weight is 399 g/mol. The minimum absolute atomic E-state index is 0.0877. The second-order valence-corrected chi connectivity index (χ2v) is 6.50. The first-order valence-electron chi connectivity index (χ1n) is 8.56. The van der Waals surface area contributed by atoms with Gasteiger partial charge in [0.25, 0.3) is 5.91 Å². The summed E-state index contributed by atoms with van der Waals surface area (Å²) < 4.78 is 15.6. The molecule has 1 aliphatic carbocycles. The Kier molecular flexibility index (Phi) is 7.29. The van der Waals surface area contributed by atoms with Crippen LogP contribution in [0.4, 0.5) is 0 Å². The molecular formula is C18H23ClN2O6. The van der Waals surface area contributed by atoms with E-state index in [9.17, 15) is 14.4 Å². The number of ether oxygens (including phenoxy) is 3. The molecule has 2 rings (SSSR count). The largest absolute Gasteiger partial charge is 0.493 e. The van der Waals surface area contributed by atoms with Gasteiger partial charge in [0, 0.05) is 13.1 Å². The maximum atomic E-state index is 12.2. The Morgan fingerprint density at radius 3 is 2.59 bits per heavy atom. The summed E-state index contributed by atoms with van der Waals surface area (Å²) >= 11 is 6.12. The fourth-order valence-corrected chi connectivity index (χ4v) is 2.51. The highest BCUT2D eigenvalue weighted by molar-refractivity contribution is 6.32. The first-order valence-corrected chi connectivity index (χ1v) is 8.94. The topological polar surface area (TPSA) is 94.2 Å². The van der Waals surface area contributed by atoms with Crippen LogP contribution in [0.15, 0.2) is 12.1 Å². The molecule has 0 unspecified atom stereocenters. The maximum Gasteiger partial charge on any atom is 0.338 e. The maximum absolute atomic E-state index is 12.2. The number of likely N-dealkylation sites (N-methyl/N-ethyl adjacent to an activating group) is 1. The molecule has 1 aromatic carbocycles. The van der Waals surface area contributed by atoms with Gasteiger partial charge in [-0.1, -0.05) is 11.6 Å². The van der Waals surface area contributed by atoms with E-state index >= 15 is 0 Å². The number of methoxy groups -OCH3 is 1. The van der Waals surface area contributed by atoms with Crippen molar-refractivity contribution in [3.8, 4) is 11.5 Å². The van der Waals surface area contributed by atoms with Gasteiger partial charge in [0.2, 0.25) is 5.91 Å². The normalized spacial score (nSPS) is 12.9. The van der Waals surface area contributed by atoms with E-state index in [-0.39, 0.29) is 34.8 Å². The van der Waals surface area contributed by atoms with Crippen LogP contribution in [0.2, 0.25) is 5.02 Å². The van der Waals surface area contributed by atoms with Crippen molar-refractivity contribution in [2.24, 2.45) is 0 Å². The Morgan fingerprint density at radius 2 is 2.00 bits per heavy atom. The van der Waals surface area contributed by atoms with E-state index in [0.29, 0.717) is 12.4 Å². The van der Waals surface area contributed by atoms with Gasteiger partial charge in [-0.3, -0.25) is 9.59 Å². The van der Waals surface area contributed by atoms with Crippen LogP contribution in [-0.4, -0.2) is 62.6 Å². The first kappa shape index (κ1) is 20.8. The number of halogens is 1. The number of carbonyl (C=O) groups is 3. The van der Waals surface area contributed by atoms with Crippen LogP contribution >= 0.6 is 11.6 Å². The standard InChI is InChI=1S/C18H23ClN2O6/c1-4-26-17-13(19)7-11(8-14(17)25-3)18(24)27-10-16(23)21(2)9-15(22)20-12-5-6-12/h7-8,12H,4-6,9-10H2,1-3H3,(H,20,22). The number of nitrogens with zero attached hydrogens (tertiary/aromatic N) is 1. The number of benzene rings is 1. The number of nitrogens with one attached hydrogen (secondary N) is 1. The van der Waals surface area contributed by atoms with Crippen molar-refractivity contribution < 1.29 is 28.6 Å². The molecule has 0 spiro atoms. The van der Waals surface area contributed by atoms with E-state index in [0.717, 1.165) is 12.8 Å². The molecule has 0 atom stereocenters. The number of hydrogen-bond acceptors (Lipinski definition) is 6. The van der Waals surface area contributed by atoms with Gasteiger partial charge in [-0.25, -0.2) is 4.79 Å². The molecule has 1 fully saturated rings. The molecule has 148 valence electrons. The van der Waals surface area contributed by atoms with Crippen LogP contribution in [-0.2, 0) is 14.3 Å². The molecule has 9 heteroatoms. The quantitative estimate of drug-likeness (QED) is 0.635. The van der Waals surface area contributed by atoms with E-state index < -0.39 is 18.5 Å². The number of amides is 2. The second-order valence-electron chi connectivity index (χ2n) is 6.09. The van der Waals surface area contributed by atoms with Crippen LogP contribution in [0, 0.1) is 0 Å². The fourth-order valence-electron chi connectivity index (χ4n) is 2.25. The molecule has 1 N–H and O–H groups in total. The van der Waals surface area contributed by atoms with Crippen LogP contribution in [0.3, 0.4) is 0 Å². The van der Waals surface area contributed by atoms with Gasteiger partial charge in [0.05, 0.1) is 30.8 Å². The van der Waals surface area contributed by atoms with Crippen molar-refractivity contribution in [3.63, 3.8) is 0 Å². The van der Waals surface area contributed by atoms with Gasteiger partial charge >= 0.3 is 5.97 Å². The van der Waals surface area contributed by atoms with E-state index in [4.69, 9.17) is 25.8 Å². The third kappa shape index (κ3) is 6.02. The third-order valence-corrected chi connectivity index (χ3v) is 4.11. The van der Waals surface area contributed by atoms with Gasteiger partial charge in [0.15, 0.2) is 18.1 Å². The molecule has 0 heterocycles. The Bertz CT molecular complexity index is 720. The summed E-state index contributed by atoms with van der Waals surface area (Å²) in [6.07, 6.45) is 1.93. The van der Waals surface area contributed by atoms with Crippen molar-refractivity contribution >= 4 is 29.4 Å². The molecule has 0 aliphatic heterocycles. The highest BCUT2D eigenvalue weighted by Crippen LogP contribution is 2.36. The third-order valence-electron chi connectivity index (χ3n) is 3.83. The lowest BCUT2D eigenvalue weighted by molar-refractivity contribution is -0.137. The minimum atomic E-state index is -0.734. The van der Waals surface area contributed by atoms with Gasteiger partial charge in [-0.2, -0.15) is 0 Å². The van der Waals surface area contributed by atoms with Crippen molar-refractivity contribution in [2.45, 2.75) is 25.8 Å². The number of hydrogen-bond donors (Lipinski definition) is 1. The van der Waals surface area contributed by atoms with Gasteiger partial charge in [0.1, 0.15) is 0 Å². The van der Waals surface area contributed by atoms with Crippen LogP contribution in [0.5, 0.6) is 11.5 Å². The Labute approximate surface area is 162 Å². The highest BCUT2D eigenvalue weighted by Gasteiger charge is 2.24. The van der Waals surface area contributed by atoms with E-state index in [2.05, 4.69) is 5.32 Å². The zero-order valence-corrected chi connectivity index (χ0v) is 16.3. The number of carbonyl (C=O) groups excluding carboxylic acids is 3. The number of esters is 1.